The first kappa shape index (κ1) is 21.9. The van der Waals surface area contributed by atoms with Crippen molar-refractivity contribution in [1.82, 2.24) is 20.1 Å². The van der Waals surface area contributed by atoms with Crippen LogP contribution >= 0.6 is 11.8 Å². The van der Waals surface area contributed by atoms with Crippen molar-refractivity contribution >= 4 is 29.5 Å². The molecular formula is C23H25N5O3S. The predicted molar refractivity (Wildman–Crippen MR) is 124 cm³/mol. The van der Waals surface area contributed by atoms with Gasteiger partial charge in [0.15, 0.2) is 5.16 Å². The average molecular weight is 452 g/mol. The Balaban J connectivity index is 1.46. The van der Waals surface area contributed by atoms with E-state index in [4.69, 9.17) is 4.74 Å². The number of para-hydroxylation sites is 1. The minimum atomic E-state index is -0.447. The molecule has 0 unspecified atom stereocenters. The number of carbonyl (C=O) groups is 2. The van der Waals surface area contributed by atoms with Crippen LogP contribution in [0.3, 0.4) is 0 Å². The van der Waals surface area contributed by atoms with Crippen molar-refractivity contribution in [3.63, 3.8) is 0 Å². The lowest BCUT2D eigenvalue weighted by Gasteiger charge is -2.27. The molecule has 1 aliphatic rings. The monoisotopic (exact) mass is 451 g/mol. The minimum Gasteiger partial charge on any atom is -0.497 e. The summed E-state index contributed by atoms with van der Waals surface area (Å²) in [4.78, 5) is 27.0. The highest BCUT2D eigenvalue weighted by Crippen LogP contribution is 2.28. The van der Waals surface area contributed by atoms with Crippen LogP contribution in [0.1, 0.15) is 29.6 Å². The van der Waals surface area contributed by atoms with E-state index in [2.05, 4.69) is 20.4 Å². The van der Waals surface area contributed by atoms with Gasteiger partial charge in [0.2, 0.25) is 11.9 Å². The molecule has 8 nitrogen and oxygen atoms in total. The largest absolute Gasteiger partial charge is 0.497 e. The zero-order valence-corrected chi connectivity index (χ0v) is 18.7. The highest BCUT2D eigenvalue weighted by molar-refractivity contribution is 7.99. The number of nitrogens with zero attached hydrogens (tertiary/aromatic N) is 4. The molecule has 0 atom stereocenters. The molecule has 32 heavy (non-hydrogen) atoms. The number of carbonyl (C=O) groups excluding carboxylic acids is 2. The van der Waals surface area contributed by atoms with Crippen LogP contribution in [0.2, 0.25) is 0 Å². The normalized spacial score (nSPS) is 13.6. The van der Waals surface area contributed by atoms with Crippen molar-refractivity contribution in [2.75, 3.05) is 30.9 Å². The van der Waals surface area contributed by atoms with E-state index in [1.165, 1.54) is 18.2 Å². The molecule has 3 aromatic rings. The van der Waals surface area contributed by atoms with Crippen LogP contribution in [0.15, 0.2) is 59.8 Å². The number of anilines is 1. The molecule has 0 spiro atoms. The van der Waals surface area contributed by atoms with Gasteiger partial charge >= 0.3 is 0 Å². The molecule has 1 fully saturated rings. The van der Waals surface area contributed by atoms with Crippen LogP contribution in [0.25, 0.3) is 5.69 Å². The lowest BCUT2D eigenvalue weighted by Crippen LogP contribution is -2.32. The van der Waals surface area contributed by atoms with Gasteiger partial charge in [-0.1, -0.05) is 30.0 Å². The van der Waals surface area contributed by atoms with Gasteiger partial charge in [-0.25, -0.2) is 0 Å². The maximum absolute atomic E-state index is 12.4. The molecule has 0 bridgehead atoms. The van der Waals surface area contributed by atoms with E-state index in [0.717, 1.165) is 37.6 Å². The molecule has 1 aromatic heterocycles. The van der Waals surface area contributed by atoms with E-state index in [0.29, 0.717) is 16.5 Å². The number of methoxy groups -OCH3 is 1. The maximum atomic E-state index is 12.4. The van der Waals surface area contributed by atoms with Crippen molar-refractivity contribution in [3.05, 3.63) is 60.2 Å². The average Bonchev–Trinajstić information content (AvgIpc) is 3.28. The maximum Gasteiger partial charge on any atom is 0.257 e. The third-order valence-electron chi connectivity index (χ3n) is 5.21. The van der Waals surface area contributed by atoms with Gasteiger partial charge in [-0.3, -0.25) is 19.5 Å². The number of ether oxygens (including phenoxy) is 1. The molecule has 2 amide bonds. The number of thioether (sulfide) groups is 1. The second kappa shape index (κ2) is 10.3. The topological polar surface area (TPSA) is 89.3 Å². The first-order valence-electron chi connectivity index (χ1n) is 10.5. The Morgan fingerprint density at radius 1 is 1.00 bits per heavy atom. The highest BCUT2D eigenvalue weighted by Gasteiger charge is 2.22. The summed E-state index contributed by atoms with van der Waals surface area (Å²) in [5.41, 5.74) is 1.33. The van der Waals surface area contributed by atoms with E-state index in [-0.39, 0.29) is 5.75 Å². The van der Waals surface area contributed by atoms with Gasteiger partial charge in [-0.15, -0.1) is 10.2 Å². The number of hydrogen-bond acceptors (Lipinski definition) is 7. The van der Waals surface area contributed by atoms with E-state index < -0.39 is 11.8 Å². The second-order valence-electron chi connectivity index (χ2n) is 7.40. The molecular weight excluding hydrogens is 426 g/mol. The Morgan fingerprint density at radius 2 is 1.72 bits per heavy atom. The molecule has 0 saturated carbocycles. The summed E-state index contributed by atoms with van der Waals surface area (Å²) in [5, 5.41) is 11.8. The minimum absolute atomic E-state index is 0.0485. The van der Waals surface area contributed by atoms with E-state index in [1.54, 1.807) is 31.4 Å². The standard InChI is InChI=1S/C23H25N5O3S/c1-31-19-12-10-17(11-13-19)21(30)24-20(29)16-32-23-26-25-22(27-14-6-3-7-15-27)28(23)18-8-4-2-5-9-18/h2,4-5,8-13H,3,6-7,14-16H2,1H3,(H,24,29,30). The number of nitrogens with one attached hydrogen (secondary N) is 1. The number of hydrogen-bond donors (Lipinski definition) is 1. The van der Waals surface area contributed by atoms with Gasteiger partial charge in [0.05, 0.1) is 18.6 Å². The summed E-state index contributed by atoms with van der Waals surface area (Å²) in [6.07, 6.45) is 3.47. The Hall–Kier alpha value is -3.33. The van der Waals surface area contributed by atoms with E-state index >= 15 is 0 Å². The van der Waals surface area contributed by atoms with Gasteiger partial charge in [-0.05, 0) is 55.7 Å². The number of imide groups is 1. The molecule has 1 N–H and O–H groups in total. The fourth-order valence-electron chi connectivity index (χ4n) is 3.56. The van der Waals surface area contributed by atoms with Crippen molar-refractivity contribution in [1.29, 1.82) is 0 Å². The zero-order valence-electron chi connectivity index (χ0n) is 17.9. The van der Waals surface area contributed by atoms with Crippen LogP contribution in [-0.2, 0) is 4.79 Å². The lowest BCUT2D eigenvalue weighted by molar-refractivity contribution is -0.117. The van der Waals surface area contributed by atoms with Crippen molar-refractivity contribution in [3.8, 4) is 11.4 Å². The van der Waals surface area contributed by atoms with Crippen molar-refractivity contribution in [2.45, 2.75) is 24.4 Å². The summed E-state index contributed by atoms with van der Waals surface area (Å²) in [6, 6.07) is 16.5. The zero-order chi connectivity index (χ0) is 22.3. The van der Waals surface area contributed by atoms with Gasteiger partial charge in [0, 0.05) is 18.7 Å². The fourth-order valence-corrected chi connectivity index (χ4v) is 4.31. The summed E-state index contributed by atoms with van der Waals surface area (Å²) >= 11 is 1.26. The third-order valence-corrected chi connectivity index (χ3v) is 6.14. The Labute approximate surface area is 191 Å². The molecule has 0 aliphatic carbocycles. The van der Waals surface area contributed by atoms with E-state index in [1.807, 2.05) is 34.9 Å². The van der Waals surface area contributed by atoms with Crippen molar-refractivity contribution in [2.24, 2.45) is 0 Å². The SMILES string of the molecule is COc1ccc(C(=O)NC(=O)CSc2nnc(N3CCCCC3)n2-c2ccccc2)cc1. The molecule has 0 radical (unpaired) electrons. The van der Waals surface area contributed by atoms with Crippen LogP contribution in [0.4, 0.5) is 5.95 Å². The Kier molecular flexibility index (Phi) is 7.06. The number of benzene rings is 2. The van der Waals surface area contributed by atoms with Gasteiger partial charge in [0.25, 0.3) is 5.91 Å². The van der Waals surface area contributed by atoms with Crippen LogP contribution < -0.4 is 15.0 Å². The summed E-state index contributed by atoms with van der Waals surface area (Å²) in [6.45, 7) is 1.87. The fraction of sp³-hybridized carbons (Fsp3) is 0.304. The molecule has 9 heteroatoms. The highest BCUT2D eigenvalue weighted by atomic mass is 32.2. The van der Waals surface area contributed by atoms with Gasteiger partial charge < -0.3 is 9.64 Å². The first-order chi connectivity index (χ1) is 15.7. The summed E-state index contributed by atoms with van der Waals surface area (Å²) in [7, 11) is 1.56. The smallest absolute Gasteiger partial charge is 0.257 e. The molecule has 166 valence electrons. The summed E-state index contributed by atoms with van der Waals surface area (Å²) in [5.74, 6) is 0.642. The molecule has 2 aromatic carbocycles. The van der Waals surface area contributed by atoms with Gasteiger partial charge in [-0.2, -0.15) is 0 Å². The Bertz CT molecular complexity index is 1060. The number of amides is 2. The Morgan fingerprint density at radius 3 is 2.41 bits per heavy atom. The quantitative estimate of drug-likeness (QED) is 0.551. The van der Waals surface area contributed by atoms with Crippen LogP contribution in [0.5, 0.6) is 5.75 Å². The number of rotatable bonds is 7. The number of aromatic nitrogens is 3. The van der Waals surface area contributed by atoms with Crippen LogP contribution in [-0.4, -0.2) is 52.5 Å². The van der Waals surface area contributed by atoms with E-state index in [9.17, 15) is 9.59 Å². The molecule has 1 aliphatic heterocycles. The summed E-state index contributed by atoms with van der Waals surface area (Å²) < 4.78 is 7.07. The molecule has 4 rings (SSSR count). The van der Waals surface area contributed by atoms with Crippen molar-refractivity contribution < 1.29 is 14.3 Å². The van der Waals surface area contributed by atoms with Gasteiger partial charge in [0.1, 0.15) is 5.75 Å². The number of piperidine rings is 1. The second-order valence-corrected chi connectivity index (χ2v) is 8.34. The third kappa shape index (κ3) is 5.11. The first-order valence-corrected chi connectivity index (χ1v) is 11.5. The molecule has 1 saturated heterocycles. The molecule has 2 heterocycles. The van der Waals surface area contributed by atoms with Crippen LogP contribution in [0, 0.1) is 0 Å². The lowest BCUT2D eigenvalue weighted by atomic mass is 10.1. The predicted octanol–water partition coefficient (Wildman–Crippen LogP) is 3.31.